The Hall–Kier alpha value is 0.200. The maximum atomic E-state index is 11.2. The summed E-state index contributed by atoms with van der Waals surface area (Å²) in [7, 11) is 0. The first kappa shape index (κ1) is 12.3. The van der Waals surface area contributed by atoms with Crippen molar-refractivity contribution >= 4 is 49.4 Å². The van der Waals surface area contributed by atoms with Gasteiger partial charge in [-0.2, -0.15) is 0 Å². The SMILES string of the molecule is CSc1cc(CC(=O)CBr)ccc1Br. The van der Waals surface area contributed by atoms with Crippen molar-refractivity contribution < 1.29 is 4.79 Å². The molecule has 0 fully saturated rings. The van der Waals surface area contributed by atoms with Gasteiger partial charge in [-0.25, -0.2) is 0 Å². The van der Waals surface area contributed by atoms with Crippen LogP contribution >= 0.6 is 43.6 Å². The highest BCUT2D eigenvalue weighted by atomic mass is 79.9. The van der Waals surface area contributed by atoms with Gasteiger partial charge >= 0.3 is 0 Å². The largest absolute Gasteiger partial charge is 0.298 e. The van der Waals surface area contributed by atoms with Gasteiger partial charge in [-0.15, -0.1) is 11.8 Å². The molecule has 0 spiro atoms. The minimum atomic E-state index is 0.208. The van der Waals surface area contributed by atoms with Crippen LogP contribution in [0.15, 0.2) is 27.6 Å². The molecule has 0 aliphatic rings. The van der Waals surface area contributed by atoms with Gasteiger partial charge in [0.2, 0.25) is 0 Å². The minimum absolute atomic E-state index is 0.208. The summed E-state index contributed by atoms with van der Waals surface area (Å²) in [5, 5.41) is 0.428. The molecule has 0 aromatic heterocycles. The maximum absolute atomic E-state index is 11.2. The zero-order valence-electron chi connectivity index (χ0n) is 7.72. The normalized spacial score (nSPS) is 10.2. The van der Waals surface area contributed by atoms with Crippen LogP contribution in [0.4, 0.5) is 0 Å². The topological polar surface area (TPSA) is 17.1 Å². The first-order valence-electron chi connectivity index (χ1n) is 4.07. The Bertz CT molecular complexity index is 339. The number of alkyl halides is 1. The molecule has 0 atom stereocenters. The average Bonchev–Trinajstić information content (AvgIpc) is 2.20. The first-order chi connectivity index (χ1) is 6.67. The molecule has 1 rings (SSSR count). The second-order valence-electron chi connectivity index (χ2n) is 2.82. The summed E-state index contributed by atoms with van der Waals surface area (Å²) in [6, 6.07) is 6.02. The fourth-order valence-corrected chi connectivity index (χ4v) is 2.55. The molecule has 14 heavy (non-hydrogen) atoms. The lowest BCUT2D eigenvalue weighted by Crippen LogP contribution is -2.03. The van der Waals surface area contributed by atoms with Crippen molar-refractivity contribution in [1.29, 1.82) is 0 Å². The quantitative estimate of drug-likeness (QED) is 0.616. The number of rotatable bonds is 4. The van der Waals surface area contributed by atoms with Crippen LogP contribution in [0, 0.1) is 0 Å². The Balaban J connectivity index is 2.84. The molecule has 0 unspecified atom stereocenters. The number of ketones is 1. The van der Waals surface area contributed by atoms with Crippen molar-refractivity contribution in [3.63, 3.8) is 0 Å². The molecule has 0 aliphatic carbocycles. The van der Waals surface area contributed by atoms with Crippen LogP contribution < -0.4 is 0 Å². The third-order valence-electron chi connectivity index (χ3n) is 1.77. The van der Waals surface area contributed by atoms with Crippen LogP contribution in [-0.2, 0) is 11.2 Å². The third kappa shape index (κ3) is 3.41. The molecule has 0 N–H and O–H groups in total. The molecule has 0 heterocycles. The van der Waals surface area contributed by atoms with Gasteiger partial charge in [0, 0.05) is 15.8 Å². The molecule has 1 nitrogen and oxygen atoms in total. The fourth-order valence-electron chi connectivity index (χ4n) is 1.09. The Morgan fingerprint density at radius 1 is 1.50 bits per heavy atom. The number of thioether (sulfide) groups is 1. The summed E-state index contributed by atoms with van der Waals surface area (Å²) in [5.74, 6) is 0.208. The van der Waals surface area contributed by atoms with Crippen LogP contribution in [0.2, 0.25) is 0 Å². The van der Waals surface area contributed by atoms with Crippen LogP contribution in [0.1, 0.15) is 5.56 Å². The van der Waals surface area contributed by atoms with E-state index in [-0.39, 0.29) is 5.78 Å². The van der Waals surface area contributed by atoms with Gasteiger partial charge < -0.3 is 0 Å². The minimum Gasteiger partial charge on any atom is -0.298 e. The van der Waals surface area contributed by atoms with E-state index in [9.17, 15) is 4.79 Å². The fraction of sp³-hybridized carbons (Fsp3) is 0.300. The predicted molar refractivity (Wildman–Crippen MR) is 68.4 cm³/mol. The standard InChI is InChI=1S/C10H10Br2OS/c1-14-10-5-7(2-3-9(10)12)4-8(13)6-11/h2-3,5H,4,6H2,1H3. The molecule has 0 aliphatic heterocycles. The van der Waals surface area contributed by atoms with E-state index in [1.54, 1.807) is 11.8 Å². The van der Waals surface area contributed by atoms with E-state index in [1.807, 2.05) is 18.4 Å². The second-order valence-corrected chi connectivity index (χ2v) is 5.08. The molecule has 0 radical (unpaired) electrons. The third-order valence-corrected chi connectivity index (χ3v) is 4.12. The number of carbonyl (C=O) groups is 1. The molecular weight excluding hydrogens is 328 g/mol. The molecule has 4 heteroatoms. The second kappa shape index (κ2) is 5.93. The summed E-state index contributed by atoms with van der Waals surface area (Å²) in [4.78, 5) is 12.4. The lowest BCUT2D eigenvalue weighted by atomic mass is 10.1. The summed E-state index contributed by atoms with van der Waals surface area (Å²) >= 11 is 8.29. The van der Waals surface area contributed by atoms with Crippen LogP contribution in [0.3, 0.4) is 0 Å². The average molecular weight is 338 g/mol. The van der Waals surface area contributed by atoms with E-state index >= 15 is 0 Å². The highest BCUT2D eigenvalue weighted by Crippen LogP contribution is 2.26. The molecular formula is C10H10Br2OS. The van der Waals surface area contributed by atoms with Crippen molar-refractivity contribution in [2.45, 2.75) is 11.3 Å². The molecule has 0 saturated carbocycles. The smallest absolute Gasteiger partial charge is 0.147 e. The monoisotopic (exact) mass is 336 g/mol. The van der Waals surface area contributed by atoms with Crippen LogP contribution in [0.5, 0.6) is 0 Å². The van der Waals surface area contributed by atoms with Gasteiger partial charge in [0.15, 0.2) is 0 Å². The molecule has 1 aromatic rings. The number of halogens is 2. The number of hydrogen-bond donors (Lipinski definition) is 0. The van der Waals surface area contributed by atoms with E-state index in [2.05, 4.69) is 37.9 Å². The van der Waals surface area contributed by atoms with Gasteiger partial charge in [0.1, 0.15) is 5.78 Å². The maximum Gasteiger partial charge on any atom is 0.147 e. The van der Waals surface area contributed by atoms with Gasteiger partial charge in [-0.3, -0.25) is 4.79 Å². The Morgan fingerprint density at radius 3 is 2.79 bits per heavy atom. The Labute approximate surface area is 105 Å². The lowest BCUT2D eigenvalue weighted by Gasteiger charge is -2.04. The Morgan fingerprint density at radius 2 is 2.21 bits per heavy atom. The summed E-state index contributed by atoms with van der Waals surface area (Å²) in [6.07, 6.45) is 2.53. The van der Waals surface area contributed by atoms with E-state index < -0.39 is 0 Å². The molecule has 0 saturated heterocycles. The van der Waals surface area contributed by atoms with Crippen molar-refractivity contribution in [3.8, 4) is 0 Å². The molecule has 76 valence electrons. The Kier molecular flexibility index (Phi) is 5.20. The number of carbonyl (C=O) groups excluding carboxylic acids is 1. The molecule has 0 amide bonds. The van der Waals surface area contributed by atoms with Gasteiger partial charge in [0.25, 0.3) is 0 Å². The molecule has 0 bridgehead atoms. The van der Waals surface area contributed by atoms with Gasteiger partial charge in [-0.05, 0) is 39.9 Å². The van der Waals surface area contributed by atoms with E-state index in [0.717, 1.165) is 10.0 Å². The highest BCUT2D eigenvalue weighted by molar-refractivity contribution is 9.10. The summed E-state index contributed by atoms with van der Waals surface area (Å²) < 4.78 is 1.08. The van der Waals surface area contributed by atoms with Gasteiger partial charge in [-0.1, -0.05) is 22.0 Å². The van der Waals surface area contributed by atoms with Crippen LogP contribution in [-0.4, -0.2) is 17.4 Å². The number of Topliss-reactive ketones (excluding diaryl/α,β-unsaturated/α-hetero) is 1. The van der Waals surface area contributed by atoms with Crippen molar-refractivity contribution in [2.75, 3.05) is 11.6 Å². The van der Waals surface area contributed by atoms with E-state index in [1.165, 1.54) is 4.90 Å². The lowest BCUT2D eigenvalue weighted by molar-refractivity contribution is -0.115. The summed E-state index contributed by atoms with van der Waals surface area (Å²) in [5.41, 5.74) is 1.07. The number of benzene rings is 1. The van der Waals surface area contributed by atoms with Crippen molar-refractivity contribution in [2.24, 2.45) is 0 Å². The van der Waals surface area contributed by atoms with Crippen LogP contribution in [0.25, 0.3) is 0 Å². The zero-order chi connectivity index (χ0) is 10.6. The summed E-state index contributed by atoms with van der Waals surface area (Å²) in [6.45, 7) is 0. The first-order valence-corrected chi connectivity index (χ1v) is 7.21. The zero-order valence-corrected chi connectivity index (χ0v) is 11.7. The predicted octanol–water partition coefficient (Wildman–Crippen LogP) is 3.68. The van der Waals surface area contributed by atoms with Gasteiger partial charge in [0.05, 0.1) is 5.33 Å². The highest BCUT2D eigenvalue weighted by Gasteiger charge is 2.04. The van der Waals surface area contributed by atoms with Crippen molar-refractivity contribution in [1.82, 2.24) is 0 Å². The van der Waals surface area contributed by atoms with E-state index in [0.29, 0.717) is 11.8 Å². The van der Waals surface area contributed by atoms with E-state index in [4.69, 9.17) is 0 Å². The van der Waals surface area contributed by atoms with Crippen molar-refractivity contribution in [3.05, 3.63) is 28.2 Å². The molecule has 1 aromatic carbocycles. The number of hydrogen-bond acceptors (Lipinski definition) is 2.